The number of hydrogen-bond donors (Lipinski definition) is 1. The molecule has 1 N–H and O–H groups in total. The Morgan fingerprint density at radius 1 is 1.36 bits per heavy atom. The van der Waals surface area contributed by atoms with E-state index < -0.39 is 0 Å². The first-order chi connectivity index (χ1) is 6.84. The van der Waals surface area contributed by atoms with Crippen molar-refractivity contribution in [3.63, 3.8) is 0 Å². The van der Waals surface area contributed by atoms with Crippen LogP contribution in [0.5, 0.6) is 0 Å². The number of likely N-dealkylation sites (tertiary alicyclic amines) is 1. The van der Waals surface area contributed by atoms with Crippen LogP contribution in [0.1, 0.15) is 19.3 Å². The molecular formula is C10H22N2O2. The lowest BCUT2D eigenvalue weighted by atomic mass is 10.0. The normalized spacial score (nSPS) is 24.0. The molecule has 0 radical (unpaired) electrons. The molecule has 1 atom stereocenters. The average molecular weight is 202 g/mol. The highest BCUT2D eigenvalue weighted by atomic mass is 16.7. The van der Waals surface area contributed by atoms with Crippen molar-refractivity contribution in [2.75, 3.05) is 40.5 Å². The van der Waals surface area contributed by atoms with Crippen LogP contribution in [0.4, 0.5) is 0 Å². The third-order valence-electron chi connectivity index (χ3n) is 2.73. The summed E-state index contributed by atoms with van der Waals surface area (Å²) in [6.07, 6.45) is 3.95. The number of hydroxylamine groups is 1. The highest BCUT2D eigenvalue weighted by molar-refractivity contribution is 4.74. The fourth-order valence-corrected chi connectivity index (χ4v) is 1.75. The molecule has 1 fully saturated rings. The van der Waals surface area contributed by atoms with Gasteiger partial charge in [-0.15, -0.1) is 0 Å². The van der Waals surface area contributed by atoms with Crippen LogP contribution in [0.25, 0.3) is 0 Å². The number of methoxy groups -OCH3 is 1. The number of likely N-dealkylation sites (N-methyl/N-ethyl adjacent to an activating group) is 1. The standard InChI is InChI=1S/C10H22N2O2/c1-12-6-4-3-5-10(12)9-11-14-8-7-13-2/h10-11H,3-9H2,1-2H3. The molecule has 1 aliphatic rings. The predicted octanol–water partition coefficient (Wildman–Crippen LogP) is 0.638. The second-order valence-electron chi connectivity index (χ2n) is 3.82. The number of piperidine rings is 1. The maximum absolute atomic E-state index is 5.22. The molecule has 1 unspecified atom stereocenters. The summed E-state index contributed by atoms with van der Waals surface area (Å²) in [5.41, 5.74) is 3.00. The van der Waals surface area contributed by atoms with Crippen LogP contribution >= 0.6 is 0 Å². The molecule has 84 valence electrons. The second kappa shape index (κ2) is 7.17. The molecule has 0 aromatic carbocycles. The molecule has 0 bridgehead atoms. The monoisotopic (exact) mass is 202 g/mol. The van der Waals surface area contributed by atoms with Crippen molar-refractivity contribution in [3.8, 4) is 0 Å². The molecule has 0 aromatic rings. The van der Waals surface area contributed by atoms with Gasteiger partial charge < -0.3 is 9.64 Å². The predicted molar refractivity (Wildman–Crippen MR) is 56.1 cm³/mol. The lowest BCUT2D eigenvalue weighted by Gasteiger charge is -2.32. The zero-order chi connectivity index (χ0) is 10.2. The van der Waals surface area contributed by atoms with Crippen LogP contribution in [0.2, 0.25) is 0 Å². The number of rotatable bonds is 6. The molecule has 0 aliphatic carbocycles. The van der Waals surface area contributed by atoms with E-state index in [4.69, 9.17) is 9.57 Å². The number of ether oxygens (including phenoxy) is 1. The van der Waals surface area contributed by atoms with E-state index in [0.717, 1.165) is 6.54 Å². The molecule has 14 heavy (non-hydrogen) atoms. The Balaban J connectivity index is 1.99. The first kappa shape index (κ1) is 11.9. The summed E-state index contributed by atoms with van der Waals surface area (Å²) in [6.45, 7) is 3.39. The quantitative estimate of drug-likeness (QED) is 0.506. The SMILES string of the molecule is COCCONCC1CCCCN1C. The summed E-state index contributed by atoms with van der Waals surface area (Å²) in [7, 11) is 3.86. The molecule has 0 saturated carbocycles. The van der Waals surface area contributed by atoms with E-state index in [1.54, 1.807) is 7.11 Å². The van der Waals surface area contributed by atoms with Gasteiger partial charge in [0, 0.05) is 19.7 Å². The van der Waals surface area contributed by atoms with E-state index in [9.17, 15) is 0 Å². The molecule has 1 saturated heterocycles. The second-order valence-corrected chi connectivity index (χ2v) is 3.82. The Bertz CT molecular complexity index is 144. The lowest BCUT2D eigenvalue weighted by molar-refractivity contribution is -0.00620. The van der Waals surface area contributed by atoms with Gasteiger partial charge in [0.05, 0.1) is 13.2 Å². The van der Waals surface area contributed by atoms with Gasteiger partial charge in [-0.3, -0.25) is 4.84 Å². The molecule has 4 nitrogen and oxygen atoms in total. The van der Waals surface area contributed by atoms with Crippen LogP contribution in [0.3, 0.4) is 0 Å². The number of hydrogen-bond acceptors (Lipinski definition) is 4. The zero-order valence-electron chi connectivity index (χ0n) is 9.29. The maximum Gasteiger partial charge on any atom is 0.0915 e. The van der Waals surface area contributed by atoms with Gasteiger partial charge in [0.1, 0.15) is 0 Å². The van der Waals surface area contributed by atoms with E-state index in [-0.39, 0.29) is 0 Å². The van der Waals surface area contributed by atoms with Crippen LogP contribution in [0.15, 0.2) is 0 Å². The van der Waals surface area contributed by atoms with Crippen molar-refractivity contribution in [2.45, 2.75) is 25.3 Å². The highest BCUT2D eigenvalue weighted by Gasteiger charge is 2.17. The smallest absolute Gasteiger partial charge is 0.0915 e. The molecule has 1 heterocycles. The fourth-order valence-electron chi connectivity index (χ4n) is 1.75. The van der Waals surface area contributed by atoms with Crippen molar-refractivity contribution in [1.82, 2.24) is 10.4 Å². The van der Waals surface area contributed by atoms with Gasteiger partial charge in [-0.1, -0.05) is 6.42 Å². The van der Waals surface area contributed by atoms with Gasteiger partial charge in [-0.25, -0.2) is 5.48 Å². The van der Waals surface area contributed by atoms with Crippen molar-refractivity contribution in [3.05, 3.63) is 0 Å². The van der Waals surface area contributed by atoms with E-state index in [2.05, 4.69) is 17.4 Å². The number of nitrogens with zero attached hydrogens (tertiary/aromatic N) is 1. The maximum atomic E-state index is 5.22. The molecule has 4 heteroatoms. The number of nitrogens with one attached hydrogen (secondary N) is 1. The molecular weight excluding hydrogens is 180 g/mol. The third kappa shape index (κ3) is 4.37. The first-order valence-corrected chi connectivity index (χ1v) is 5.38. The third-order valence-corrected chi connectivity index (χ3v) is 2.73. The van der Waals surface area contributed by atoms with Gasteiger partial charge >= 0.3 is 0 Å². The van der Waals surface area contributed by atoms with Gasteiger partial charge in [0.15, 0.2) is 0 Å². The summed E-state index contributed by atoms with van der Waals surface area (Å²) >= 11 is 0. The topological polar surface area (TPSA) is 33.7 Å². The summed E-state index contributed by atoms with van der Waals surface area (Å²) in [5, 5.41) is 0. The van der Waals surface area contributed by atoms with Crippen molar-refractivity contribution < 1.29 is 9.57 Å². The Labute approximate surface area is 86.5 Å². The van der Waals surface area contributed by atoms with Crippen LogP contribution < -0.4 is 5.48 Å². The van der Waals surface area contributed by atoms with Crippen molar-refractivity contribution >= 4 is 0 Å². The minimum Gasteiger partial charge on any atom is -0.382 e. The van der Waals surface area contributed by atoms with Crippen molar-refractivity contribution in [2.24, 2.45) is 0 Å². The van der Waals surface area contributed by atoms with E-state index >= 15 is 0 Å². The summed E-state index contributed by atoms with van der Waals surface area (Å²) in [4.78, 5) is 7.62. The average Bonchev–Trinajstić information content (AvgIpc) is 2.20. The van der Waals surface area contributed by atoms with Gasteiger partial charge in [0.2, 0.25) is 0 Å². The Kier molecular flexibility index (Phi) is 6.10. The van der Waals surface area contributed by atoms with Gasteiger partial charge in [-0.2, -0.15) is 0 Å². The summed E-state index contributed by atoms with van der Waals surface area (Å²) in [5.74, 6) is 0. The Morgan fingerprint density at radius 3 is 2.93 bits per heavy atom. The van der Waals surface area contributed by atoms with Crippen LogP contribution in [-0.2, 0) is 9.57 Å². The Morgan fingerprint density at radius 2 is 2.21 bits per heavy atom. The molecule has 1 rings (SSSR count). The van der Waals surface area contributed by atoms with Gasteiger partial charge in [0.25, 0.3) is 0 Å². The molecule has 0 amide bonds. The van der Waals surface area contributed by atoms with E-state index in [1.165, 1.54) is 25.8 Å². The molecule has 1 aliphatic heterocycles. The van der Waals surface area contributed by atoms with Crippen LogP contribution in [-0.4, -0.2) is 51.4 Å². The minimum atomic E-state index is 0.618. The molecule has 0 aromatic heterocycles. The van der Waals surface area contributed by atoms with E-state index in [1.807, 2.05) is 0 Å². The summed E-state index contributed by atoms with van der Waals surface area (Å²) in [6, 6.07) is 0.631. The summed E-state index contributed by atoms with van der Waals surface area (Å²) < 4.78 is 4.88. The van der Waals surface area contributed by atoms with Crippen LogP contribution in [0, 0.1) is 0 Å². The highest BCUT2D eigenvalue weighted by Crippen LogP contribution is 2.13. The van der Waals surface area contributed by atoms with Crippen molar-refractivity contribution in [1.29, 1.82) is 0 Å². The molecule has 0 spiro atoms. The lowest BCUT2D eigenvalue weighted by Crippen LogP contribution is -2.43. The minimum absolute atomic E-state index is 0.618. The van der Waals surface area contributed by atoms with Gasteiger partial charge in [-0.05, 0) is 26.4 Å². The Hall–Kier alpha value is -0.160. The fraction of sp³-hybridized carbons (Fsp3) is 1.00. The zero-order valence-corrected chi connectivity index (χ0v) is 9.29. The largest absolute Gasteiger partial charge is 0.382 e. The first-order valence-electron chi connectivity index (χ1n) is 5.38. The van der Waals surface area contributed by atoms with E-state index in [0.29, 0.717) is 19.3 Å².